The number of nitrogens with zero attached hydrogens (tertiary/aromatic N) is 4. The standard InChI is InChI=1S/C6H10N4O2S/c1-2-3-10-8-7-6(13)9(10)4-5(11)12/h2-4H2,1H3,(H,11,12). The van der Waals surface area contributed by atoms with Crippen molar-refractivity contribution >= 4 is 18.2 Å². The van der Waals surface area contributed by atoms with Gasteiger partial charge in [0.25, 0.3) is 0 Å². The molecule has 72 valence electrons. The number of hydrogen-bond donors (Lipinski definition) is 1. The minimum Gasteiger partial charge on any atom is -0.480 e. The summed E-state index contributed by atoms with van der Waals surface area (Å²) in [5, 5.41) is 15.9. The normalized spacial score (nSPS) is 10.2. The van der Waals surface area contributed by atoms with Gasteiger partial charge in [0.1, 0.15) is 6.54 Å². The Balaban J connectivity index is 2.94. The Morgan fingerprint density at radius 3 is 2.92 bits per heavy atom. The number of aromatic nitrogens is 4. The van der Waals surface area contributed by atoms with Crippen molar-refractivity contribution in [3.63, 3.8) is 0 Å². The Morgan fingerprint density at radius 1 is 1.69 bits per heavy atom. The smallest absolute Gasteiger partial charge is 0.325 e. The Labute approximate surface area is 79.8 Å². The average molecular weight is 202 g/mol. The maximum atomic E-state index is 10.4. The van der Waals surface area contributed by atoms with E-state index in [9.17, 15) is 4.79 Å². The van der Waals surface area contributed by atoms with Gasteiger partial charge in [-0.2, -0.15) is 4.80 Å². The summed E-state index contributed by atoms with van der Waals surface area (Å²) in [6.07, 6.45) is 0.859. The molecule has 0 aliphatic heterocycles. The van der Waals surface area contributed by atoms with Gasteiger partial charge in [0.2, 0.25) is 4.77 Å². The van der Waals surface area contributed by atoms with Crippen molar-refractivity contribution in [2.24, 2.45) is 0 Å². The maximum Gasteiger partial charge on any atom is 0.325 e. The number of aliphatic carboxylic acids is 1. The van der Waals surface area contributed by atoms with Crippen LogP contribution >= 0.6 is 12.2 Å². The second kappa shape index (κ2) is 4.13. The van der Waals surface area contributed by atoms with E-state index in [4.69, 9.17) is 17.3 Å². The summed E-state index contributed by atoms with van der Waals surface area (Å²) in [4.78, 5) is 11.9. The van der Waals surface area contributed by atoms with Gasteiger partial charge in [0.05, 0.1) is 6.54 Å². The topological polar surface area (TPSA) is 72.9 Å². The van der Waals surface area contributed by atoms with Gasteiger partial charge in [-0.25, -0.2) is 4.68 Å². The number of rotatable bonds is 4. The van der Waals surface area contributed by atoms with Gasteiger partial charge in [0.15, 0.2) is 0 Å². The van der Waals surface area contributed by atoms with Gasteiger partial charge in [0, 0.05) is 0 Å². The van der Waals surface area contributed by atoms with Crippen LogP contribution in [0.1, 0.15) is 13.3 Å². The monoisotopic (exact) mass is 202 g/mol. The molecule has 0 spiro atoms. The van der Waals surface area contributed by atoms with E-state index in [2.05, 4.69) is 10.3 Å². The molecular formula is C6H10N4O2S. The predicted molar refractivity (Wildman–Crippen MR) is 46.8 cm³/mol. The van der Waals surface area contributed by atoms with E-state index in [0.717, 1.165) is 6.42 Å². The lowest BCUT2D eigenvalue weighted by atomic mass is 10.5. The summed E-state index contributed by atoms with van der Waals surface area (Å²) >= 11 is 4.81. The summed E-state index contributed by atoms with van der Waals surface area (Å²) in [6, 6.07) is 0. The van der Waals surface area contributed by atoms with E-state index in [1.807, 2.05) is 6.92 Å². The van der Waals surface area contributed by atoms with Crippen LogP contribution in [0.3, 0.4) is 0 Å². The molecule has 0 unspecified atom stereocenters. The third-order valence-corrected chi connectivity index (χ3v) is 1.73. The molecule has 0 aliphatic rings. The van der Waals surface area contributed by atoms with Crippen LogP contribution in [0.5, 0.6) is 0 Å². The van der Waals surface area contributed by atoms with Crippen LogP contribution in [0.2, 0.25) is 0 Å². The Bertz CT molecular complexity index is 356. The minimum atomic E-state index is -0.948. The number of hydrogen-bond acceptors (Lipinski definition) is 4. The second-order valence-corrected chi connectivity index (χ2v) is 2.88. The number of aryl methyl sites for hydroxylation is 1. The largest absolute Gasteiger partial charge is 0.480 e. The third-order valence-electron chi connectivity index (χ3n) is 1.44. The highest BCUT2D eigenvalue weighted by Crippen LogP contribution is 1.92. The van der Waals surface area contributed by atoms with Gasteiger partial charge >= 0.3 is 5.97 Å². The Kier molecular flexibility index (Phi) is 3.13. The molecule has 0 atom stereocenters. The second-order valence-electron chi connectivity index (χ2n) is 2.52. The molecule has 0 bridgehead atoms. The van der Waals surface area contributed by atoms with E-state index < -0.39 is 5.97 Å². The molecular weight excluding hydrogens is 192 g/mol. The van der Waals surface area contributed by atoms with Crippen molar-refractivity contribution in [2.75, 3.05) is 0 Å². The number of carbonyl (C=O) groups is 1. The molecule has 0 radical (unpaired) electrons. The van der Waals surface area contributed by atoms with Crippen molar-refractivity contribution in [3.8, 4) is 0 Å². The Hall–Kier alpha value is -1.24. The zero-order valence-electron chi connectivity index (χ0n) is 7.17. The summed E-state index contributed by atoms with van der Waals surface area (Å²) < 4.78 is 1.57. The number of carboxylic acids is 1. The highest BCUT2D eigenvalue weighted by Gasteiger charge is 2.06. The molecule has 13 heavy (non-hydrogen) atoms. The molecule has 0 fully saturated rings. The summed E-state index contributed by atoms with van der Waals surface area (Å²) in [6.45, 7) is 2.40. The van der Waals surface area contributed by atoms with Crippen LogP contribution in [0.4, 0.5) is 0 Å². The van der Waals surface area contributed by atoms with E-state index in [1.165, 1.54) is 9.48 Å². The first-order valence-electron chi connectivity index (χ1n) is 3.87. The lowest BCUT2D eigenvalue weighted by Gasteiger charge is -2.04. The van der Waals surface area contributed by atoms with Crippen LogP contribution < -0.4 is 0 Å². The van der Waals surface area contributed by atoms with Crippen molar-refractivity contribution in [1.29, 1.82) is 0 Å². The molecule has 0 saturated heterocycles. The van der Waals surface area contributed by atoms with Crippen LogP contribution in [0, 0.1) is 4.77 Å². The molecule has 1 heterocycles. The molecule has 1 N–H and O–H groups in total. The molecule has 0 aliphatic carbocycles. The number of carboxylic acid groups (broad SMARTS) is 1. The molecule has 1 aromatic heterocycles. The first-order valence-corrected chi connectivity index (χ1v) is 4.28. The van der Waals surface area contributed by atoms with E-state index >= 15 is 0 Å². The maximum absolute atomic E-state index is 10.4. The van der Waals surface area contributed by atoms with Crippen LogP contribution in [0.25, 0.3) is 0 Å². The summed E-state index contributed by atoms with van der Waals surface area (Å²) in [7, 11) is 0. The first-order chi connectivity index (χ1) is 6.15. The summed E-state index contributed by atoms with van der Waals surface area (Å²) in [5.41, 5.74) is 0. The molecule has 0 saturated carbocycles. The van der Waals surface area contributed by atoms with Gasteiger partial charge in [-0.05, 0) is 23.9 Å². The van der Waals surface area contributed by atoms with Crippen molar-refractivity contribution in [1.82, 2.24) is 19.8 Å². The van der Waals surface area contributed by atoms with Crippen LogP contribution in [0.15, 0.2) is 0 Å². The quantitative estimate of drug-likeness (QED) is 0.711. The van der Waals surface area contributed by atoms with E-state index in [0.29, 0.717) is 6.54 Å². The van der Waals surface area contributed by atoms with Crippen molar-refractivity contribution < 1.29 is 9.90 Å². The predicted octanol–water partition coefficient (Wildman–Crippen LogP) is 0.304. The van der Waals surface area contributed by atoms with Gasteiger partial charge < -0.3 is 5.11 Å². The van der Waals surface area contributed by atoms with Gasteiger partial charge in [-0.3, -0.25) is 4.79 Å². The van der Waals surface area contributed by atoms with Gasteiger partial charge in [-0.15, -0.1) is 0 Å². The highest BCUT2D eigenvalue weighted by atomic mass is 32.1. The van der Waals surface area contributed by atoms with Gasteiger partial charge in [-0.1, -0.05) is 12.0 Å². The van der Waals surface area contributed by atoms with Crippen molar-refractivity contribution in [2.45, 2.75) is 26.4 Å². The fourth-order valence-corrected chi connectivity index (χ4v) is 1.13. The van der Waals surface area contributed by atoms with Crippen LogP contribution in [-0.4, -0.2) is 30.9 Å². The first kappa shape index (κ1) is 9.85. The highest BCUT2D eigenvalue weighted by molar-refractivity contribution is 7.71. The molecule has 1 aromatic rings. The van der Waals surface area contributed by atoms with E-state index in [-0.39, 0.29) is 11.3 Å². The van der Waals surface area contributed by atoms with Crippen molar-refractivity contribution in [3.05, 3.63) is 4.77 Å². The average Bonchev–Trinajstić information content (AvgIpc) is 2.36. The zero-order chi connectivity index (χ0) is 9.84. The summed E-state index contributed by atoms with van der Waals surface area (Å²) in [5.74, 6) is -0.948. The fraction of sp³-hybridized carbons (Fsp3) is 0.667. The lowest BCUT2D eigenvalue weighted by Crippen LogP contribution is -2.19. The minimum absolute atomic E-state index is 0.189. The lowest BCUT2D eigenvalue weighted by molar-refractivity contribution is -0.138. The Morgan fingerprint density at radius 2 is 2.38 bits per heavy atom. The molecule has 7 heteroatoms. The molecule has 0 amide bonds. The number of tetrazole rings is 1. The third kappa shape index (κ3) is 2.35. The molecule has 6 nitrogen and oxygen atoms in total. The molecule has 0 aromatic carbocycles. The van der Waals surface area contributed by atoms with Crippen LogP contribution in [-0.2, 0) is 17.9 Å². The zero-order valence-corrected chi connectivity index (χ0v) is 7.99. The van der Waals surface area contributed by atoms with E-state index in [1.54, 1.807) is 0 Å². The SMILES string of the molecule is CCCn1nnc(=S)n1CC(=O)O. The molecule has 1 rings (SSSR count). The fourth-order valence-electron chi connectivity index (χ4n) is 0.931.